The second kappa shape index (κ2) is 5.37. The quantitative estimate of drug-likeness (QED) is 0.508. The lowest BCUT2D eigenvalue weighted by Crippen LogP contribution is -1.95. The fraction of sp³-hybridized carbons (Fsp3) is 0.455. The highest BCUT2D eigenvalue weighted by molar-refractivity contribution is 5.47. The third-order valence-corrected chi connectivity index (χ3v) is 2.23. The summed E-state index contributed by atoms with van der Waals surface area (Å²) in [6.07, 6.45) is 0. The molecule has 0 atom stereocenters. The van der Waals surface area contributed by atoms with Gasteiger partial charge in [0.05, 0.1) is 4.92 Å². The molecule has 0 spiro atoms. The van der Waals surface area contributed by atoms with Crippen molar-refractivity contribution in [3.8, 4) is 0 Å². The minimum atomic E-state index is -0.345. The molecule has 0 aliphatic carbocycles. The maximum Gasteiger partial charge on any atom is 0.272 e. The van der Waals surface area contributed by atoms with Gasteiger partial charge in [-0.05, 0) is 31.9 Å². The second-order valence-corrected chi connectivity index (χ2v) is 2.91. The van der Waals surface area contributed by atoms with E-state index in [4.69, 9.17) is 0 Å². The van der Waals surface area contributed by atoms with E-state index >= 15 is 0 Å². The lowest BCUT2D eigenvalue weighted by Gasteiger charge is -2.03. The van der Waals surface area contributed by atoms with E-state index in [1.54, 1.807) is 19.1 Å². The first-order valence-electron chi connectivity index (χ1n) is 4.75. The molecular formula is C11H17NO2. The van der Waals surface area contributed by atoms with Crippen LogP contribution in [0.1, 0.15) is 30.5 Å². The van der Waals surface area contributed by atoms with Crippen molar-refractivity contribution >= 4 is 5.69 Å². The van der Waals surface area contributed by atoms with Crippen LogP contribution in [0.15, 0.2) is 12.1 Å². The zero-order chi connectivity index (χ0) is 11.3. The molecule has 78 valence electrons. The van der Waals surface area contributed by atoms with E-state index in [0.717, 1.165) is 16.7 Å². The van der Waals surface area contributed by atoms with Gasteiger partial charge in [-0.3, -0.25) is 10.1 Å². The standard InChI is InChI=1S/C9H11NO2.C2H6/c1-6-4-5-9(10(11)12)8(3)7(6)2;1-2/h4-5H,1-3H3;1-2H3. The van der Waals surface area contributed by atoms with E-state index in [0.29, 0.717) is 0 Å². The van der Waals surface area contributed by atoms with E-state index in [1.807, 2.05) is 27.7 Å². The van der Waals surface area contributed by atoms with Crippen LogP contribution in [0.5, 0.6) is 0 Å². The van der Waals surface area contributed by atoms with Gasteiger partial charge in [0.1, 0.15) is 0 Å². The Balaban J connectivity index is 0.000000791. The number of nitro benzene ring substituents is 1. The van der Waals surface area contributed by atoms with Crippen LogP contribution in [0, 0.1) is 30.9 Å². The summed E-state index contributed by atoms with van der Waals surface area (Å²) in [6, 6.07) is 3.33. The number of benzene rings is 1. The van der Waals surface area contributed by atoms with Crippen molar-refractivity contribution in [1.82, 2.24) is 0 Å². The minimum absolute atomic E-state index is 0.207. The smallest absolute Gasteiger partial charge is 0.258 e. The molecule has 0 aliphatic heterocycles. The molecule has 0 saturated carbocycles. The van der Waals surface area contributed by atoms with Crippen molar-refractivity contribution in [3.05, 3.63) is 38.9 Å². The van der Waals surface area contributed by atoms with Crippen molar-refractivity contribution in [3.63, 3.8) is 0 Å². The highest BCUT2D eigenvalue weighted by Gasteiger charge is 2.12. The molecule has 0 saturated heterocycles. The highest BCUT2D eigenvalue weighted by Crippen LogP contribution is 2.22. The second-order valence-electron chi connectivity index (χ2n) is 2.91. The lowest BCUT2D eigenvalue weighted by atomic mass is 10.0. The third-order valence-electron chi connectivity index (χ3n) is 2.23. The number of rotatable bonds is 1. The van der Waals surface area contributed by atoms with Crippen LogP contribution in [-0.4, -0.2) is 4.92 Å². The molecule has 0 fully saturated rings. The van der Waals surface area contributed by atoms with E-state index in [1.165, 1.54) is 0 Å². The minimum Gasteiger partial charge on any atom is -0.258 e. The molecule has 0 unspecified atom stereocenters. The molecule has 1 aromatic rings. The van der Waals surface area contributed by atoms with Crippen LogP contribution < -0.4 is 0 Å². The largest absolute Gasteiger partial charge is 0.272 e. The van der Waals surface area contributed by atoms with Gasteiger partial charge in [0, 0.05) is 11.6 Å². The van der Waals surface area contributed by atoms with Crippen molar-refractivity contribution in [1.29, 1.82) is 0 Å². The first kappa shape index (κ1) is 12.6. The highest BCUT2D eigenvalue weighted by atomic mass is 16.6. The fourth-order valence-electron chi connectivity index (χ4n) is 1.14. The predicted octanol–water partition coefficient (Wildman–Crippen LogP) is 3.55. The summed E-state index contributed by atoms with van der Waals surface area (Å²) in [7, 11) is 0. The number of hydrogen-bond donors (Lipinski definition) is 0. The molecule has 14 heavy (non-hydrogen) atoms. The van der Waals surface area contributed by atoms with E-state index < -0.39 is 0 Å². The van der Waals surface area contributed by atoms with Crippen LogP contribution in [0.4, 0.5) is 5.69 Å². The maximum atomic E-state index is 10.5. The van der Waals surface area contributed by atoms with E-state index in [-0.39, 0.29) is 10.6 Å². The summed E-state index contributed by atoms with van der Waals surface area (Å²) < 4.78 is 0. The van der Waals surface area contributed by atoms with Crippen LogP contribution in [0.25, 0.3) is 0 Å². The predicted molar refractivity (Wildman–Crippen MR) is 58.7 cm³/mol. The number of nitrogens with zero attached hydrogens (tertiary/aromatic N) is 1. The first-order valence-corrected chi connectivity index (χ1v) is 4.75. The van der Waals surface area contributed by atoms with Gasteiger partial charge in [0.25, 0.3) is 5.69 Å². The zero-order valence-corrected chi connectivity index (χ0v) is 9.42. The average molecular weight is 195 g/mol. The van der Waals surface area contributed by atoms with Crippen LogP contribution in [-0.2, 0) is 0 Å². The van der Waals surface area contributed by atoms with Crippen molar-refractivity contribution in [2.45, 2.75) is 34.6 Å². The molecule has 0 amide bonds. The Labute approximate surface area is 84.9 Å². The van der Waals surface area contributed by atoms with Crippen LogP contribution >= 0.6 is 0 Å². The summed E-state index contributed by atoms with van der Waals surface area (Å²) in [5.41, 5.74) is 3.07. The third kappa shape index (κ3) is 2.55. The summed E-state index contributed by atoms with van der Waals surface area (Å²) in [5.74, 6) is 0. The van der Waals surface area contributed by atoms with Crippen molar-refractivity contribution in [2.75, 3.05) is 0 Å². The average Bonchev–Trinajstić information content (AvgIpc) is 2.17. The maximum absolute atomic E-state index is 10.5. The fourth-order valence-corrected chi connectivity index (χ4v) is 1.14. The molecule has 3 nitrogen and oxygen atoms in total. The SMILES string of the molecule is CC.Cc1ccc([N+](=O)[O-])c(C)c1C. The van der Waals surface area contributed by atoms with Gasteiger partial charge in [0.2, 0.25) is 0 Å². The molecule has 0 aliphatic rings. The summed E-state index contributed by atoms with van der Waals surface area (Å²) in [5, 5.41) is 10.5. The van der Waals surface area contributed by atoms with Gasteiger partial charge in [-0.2, -0.15) is 0 Å². The van der Waals surface area contributed by atoms with Gasteiger partial charge in [-0.1, -0.05) is 19.9 Å². The molecule has 0 radical (unpaired) electrons. The molecule has 3 heteroatoms. The van der Waals surface area contributed by atoms with Gasteiger partial charge in [-0.25, -0.2) is 0 Å². The molecule has 0 aromatic heterocycles. The molecule has 1 rings (SSSR count). The van der Waals surface area contributed by atoms with E-state index in [9.17, 15) is 10.1 Å². The monoisotopic (exact) mass is 195 g/mol. The summed E-state index contributed by atoms with van der Waals surface area (Å²) in [4.78, 5) is 10.1. The number of hydrogen-bond acceptors (Lipinski definition) is 2. The molecular weight excluding hydrogens is 178 g/mol. The Morgan fingerprint density at radius 3 is 2.00 bits per heavy atom. The zero-order valence-electron chi connectivity index (χ0n) is 9.42. The number of aryl methyl sites for hydroxylation is 1. The van der Waals surface area contributed by atoms with Gasteiger partial charge < -0.3 is 0 Å². The molecule has 0 N–H and O–H groups in total. The Bertz CT molecular complexity index is 332. The molecule has 1 aromatic carbocycles. The van der Waals surface area contributed by atoms with Crippen molar-refractivity contribution in [2.24, 2.45) is 0 Å². The molecule has 0 bridgehead atoms. The Hall–Kier alpha value is -1.38. The number of nitro groups is 1. The Kier molecular flexibility index (Phi) is 4.84. The van der Waals surface area contributed by atoms with Gasteiger partial charge in [0.15, 0.2) is 0 Å². The lowest BCUT2D eigenvalue weighted by molar-refractivity contribution is -0.385. The first-order chi connectivity index (χ1) is 6.54. The van der Waals surface area contributed by atoms with Crippen LogP contribution in [0.3, 0.4) is 0 Å². The van der Waals surface area contributed by atoms with Crippen molar-refractivity contribution < 1.29 is 4.92 Å². The summed E-state index contributed by atoms with van der Waals surface area (Å²) in [6.45, 7) is 9.63. The Morgan fingerprint density at radius 2 is 1.57 bits per heavy atom. The normalized spacial score (nSPS) is 8.93. The van der Waals surface area contributed by atoms with E-state index in [2.05, 4.69) is 0 Å². The Morgan fingerprint density at radius 1 is 1.07 bits per heavy atom. The molecule has 0 heterocycles. The summed E-state index contributed by atoms with van der Waals surface area (Å²) >= 11 is 0. The van der Waals surface area contributed by atoms with Gasteiger partial charge in [-0.15, -0.1) is 0 Å². The topological polar surface area (TPSA) is 43.1 Å². The van der Waals surface area contributed by atoms with Gasteiger partial charge >= 0.3 is 0 Å². The van der Waals surface area contributed by atoms with Crippen LogP contribution in [0.2, 0.25) is 0 Å².